The van der Waals surface area contributed by atoms with Gasteiger partial charge in [-0.05, 0) is 12.8 Å². The Morgan fingerprint density at radius 2 is 2.27 bits per heavy atom. The summed E-state index contributed by atoms with van der Waals surface area (Å²) < 4.78 is 4.96. The van der Waals surface area contributed by atoms with E-state index in [9.17, 15) is 0 Å². The van der Waals surface area contributed by atoms with E-state index in [1.54, 1.807) is 0 Å². The minimum absolute atomic E-state index is 0.199. The van der Waals surface area contributed by atoms with Crippen LogP contribution in [-0.2, 0) is 0 Å². The van der Waals surface area contributed by atoms with Crippen LogP contribution in [0.5, 0.6) is 5.88 Å². The van der Waals surface area contributed by atoms with Gasteiger partial charge in [-0.3, -0.25) is 0 Å². The predicted molar refractivity (Wildman–Crippen MR) is 57.8 cm³/mol. The molecule has 0 aliphatic rings. The average Bonchev–Trinajstić information content (AvgIpc) is 2.26. The molecule has 0 atom stereocenters. The van der Waals surface area contributed by atoms with Crippen LogP contribution in [0.3, 0.4) is 0 Å². The van der Waals surface area contributed by atoms with Gasteiger partial charge < -0.3 is 20.9 Å². The van der Waals surface area contributed by atoms with Gasteiger partial charge in [0.05, 0.1) is 7.11 Å². The number of ether oxygens (including phenoxy) is 1. The number of rotatable bonds is 6. The number of hydrogen-bond donors (Lipinski definition) is 3. The Morgan fingerprint density at radius 1 is 1.47 bits per heavy atom. The van der Waals surface area contributed by atoms with Gasteiger partial charge in [0, 0.05) is 13.2 Å². The van der Waals surface area contributed by atoms with Crippen LogP contribution in [0.15, 0.2) is 6.33 Å². The number of aliphatic hydroxyl groups excluding tert-OH is 1. The summed E-state index contributed by atoms with van der Waals surface area (Å²) in [7, 11) is 1.51. The van der Waals surface area contributed by atoms with Crippen molar-refractivity contribution < 1.29 is 9.84 Å². The Morgan fingerprint density at radius 3 is 2.93 bits per heavy atom. The summed E-state index contributed by atoms with van der Waals surface area (Å²) in [5, 5.41) is 11.7. The van der Waals surface area contributed by atoms with E-state index < -0.39 is 0 Å². The molecule has 1 rings (SSSR count). The summed E-state index contributed by atoms with van der Waals surface area (Å²) in [6.45, 7) is 0.912. The average molecular weight is 212 g/mol. The first-order valence-electron chi connectivity index (χ1n) is 4.78. The van der Waals surface area contributed by atoms with Gasteiger partial charge in [0.15, 0.2) is 5.82 Å². The number of aromatic nitrogens is 2. The predicted octanol–water partition coefficient (Wildman–Crippen LogP) is 0.252. The van der Waals surface area contributed by atoms with Crippen molar-refractivity contribution in [1.82, 2.24) is 9.97 Å². The third-order valence-electron chi connectivity index (χ3n) is 1.92. The van der Waals surface area contributed by atoms with Gasteiger partial charge in [-0.25, -0.2) is 4.98 Å². The Hall–Kier alpha value is -1.56. The van der Waals surface area contributed by atoms with E-state index in [-0.39, 0.29) is 6.61 Å². The maximum absolute atomic E-state index is 8.60. The lowest BCUT2D eigenvalue weighted by molar-refractivity contribution is 0.286. The number of hydrogen-bond acceptors (Lipinski definition) is 6. The molecule has 6 heteroatoms. The van der Waals surface area contributed by atoms with Crippen molar-refractivity contribution >= 4 is 11.5 Å². The number of nitrogens with zero attached hydrogens (tertiary/aromatic N) is 2. The van der Waals surface area contributed by atoms with E-state index in [2.05, 4.69) is 15.3 Å². The maximum atomic E-state index is 8.60. The highest BCUT2D eigenvalue weighted by atomic mass is 16.5. The fourth-order valence-corrected chi connectivity index (χ4v) is 1.13. The van der Waals surface area contributed by atoms with E-state index in [4.69, 9.17) is 15.6 Å². The van der Waals surface area contributed by atoms with Crippen LogP contribution in [-0.4, -0.2) is 35.3 Å². The van der Waals surface area contributed by atoms with Gasteiger partial charge in [-0.15, -0.1) is 0 Å². The minimum Gasteiger partial charge on any atom is -0.479 e. The van der Waals surface area contributed by atoms with Crippen molar-refractivity contribution in [2.24, 2.45) is 0 Å². The van der Waals surface area contributed by atoms with Crippen molar-refractivity contribution in [3.05, 3.63) is 6.33 Å². The van der Waals surface area contributed by atoms with Crippen molar-refractivity contribution in [3.8, 4) is 5.88 Å². The molecule has 0 bridgehead atoms. The zero-order valence-electron chi connectivity index (χ0n) is 8.73. The number of aliphatic hydroxyl groups is 1. The van der Waals surface area contributed by atoms with Crippen LogP contribution >= 0.6 is 0 Å². The second-order valence-corrected chi connectivity index (χ2v) is 3.00. The zero-order chi connectivity index (χ0) is 11.1. The van der Waals surface area contributed by atoms with Crippen LogP contribution in [0, 0.1) is 0 Å². The van der Waals surface area contributed by atoms with Crippen LogP contribution < -0.4 is 15.8 Å². The van der Waals surface area contributed by atoms with Crippen LogP contribution in [0.25, 0.3) is 0 Å². The number of nitrogens with one attached hydrogen (secondary N) is 1. The molecule has 0 unspecified atom stereocenters. The molecule has 0 aliphatic carbocycles. The molecule has 1 heterocycles. The monoisotopic (exact) mass is 212 g/mol. The van der Waals surface area contributed by atoms with E-state index >= 15 is 0 Å². The molecule has 0 saturated heterocycles. The third-order valence-corrected chi connectivity index (χ3v) is 1.92. The molecular formula is C9H16N4O2. The van der Waals surface area contributed by atoms with Gasteiger partial charge >= 0.3 is 0 Å². The van der Waals surface area contributed by atoms with E-state index in [0.717, 1.165) is 12.8 Å². The largest absolute Gasteiger partial charge is 0.479 e. The molecule has 1 aromatic rings. The third kappa shape index (κ3) is 3.25. The summed E-state index contributed by atoms with van der Waals surface area (Å²) in [6, 6.07) is 0. The first-order chi connectivity index (χ1) is 7.29. The summed E-state index contributed by atoms with van der Waals surface area (Å²) >= 11 is 0. The Kier molecular flexibility index (Phi) is 4.62. The fraction of sp³-hybridized carbons (Fsp3) is 0.556. The van der Waals surface area contributed by atoms with E-state index in [1.807, 2.05) is 0 Å². The molecule has 0 aromatic carbocycles. The molecule has 0 spiro atoms. The molecular weight excluding hydrogens is 196 g/mol. The fourth-order valence-electron chi connectivity index (χ4n) is 1.13. The summed E-state index contributed by atoms with van der Waals surface area (Å²) in [5.74, 6) is 0.939. The van der Waals surface area contributed by atoms with Gasteiger partial charge in [0.2, 0.25) is 5.88 Å². The Labute approximate surface area is 88.5 Å². The first kappa shape index (κ1) is 11.5. The summed E-state index contributed by atoms with van der Waals surface area (Å²) in [5.41, 5.74) is 6.15. The van der Waals surface area contributed by atoms with Gasteiger partial charge in [0.25, 0.3) is 0 Å². The molecule has 0 radical (unpaired) electrons. The molecule has 0 aliphatic heterocycles. The van der Waals surface area contributed by atoms with Crippen LogP contribution in [0.2, 0.25) is 0 Å². The number of unbranched alkanes of at least 4 members (excludes halogenated alkanes) is 1. The highest BCUT2D eigenvalue weighted by Gasteiger charge is 2.06. The molecule has 6 nitrogen and oxygen atoms in total. The molecule has 1 aromatic heterocycles. The first-order valence-corrected chi connectivity index (χ1v) is 4.78. The molecule has 0 fully saturated rings. The molecule has 4 N–H and O–H groups in total. The SMILES string of the molecule is COc1ncnc(NCCCCO)c1N. The highest BCUT2D eigenvalue weighted by molar-refractivity contribution is 5.66. The molecule has 15 heavy (non-hydrogen) atoms. The topological polar surface area (TPSA) is 93.3 Å². The van der Waals surface area contributed by atoms with E-state index in [1.165, 1.54) is 13.4 Å². The second-order valence-electron chi connectivity index (χ2n) is 3.00. The lowest BCUT2D eigenvalue weighted by Crippen LogP contribution is -2.08. The van der Waals surface area contributed by atoms with Gasteiger partial charge in [-0.1, -0.05) is 0 Å². The normalized spacial score (nSPS) is 10.0. The molecule has 0 amide bonds. The number of nitrogens with two attached hydrogens (primary N) is 1. The molecule has 0 saturated carbocycles. The molecule has 84 valence electrons. The van der Waals surface area contributed by atoms with Crippen molar-refractivity contribution in [2.45, 2.75) is 12.8 Å². The number of methoxy groups -OCH3 is 1. The Balaban J connectivity index is 2.53. The zero-order valence-corrected chi connectivity index (χ0v) is 8.73. The standard InChI is InChI=1S/C9H16N4O2/c1-15-9-7(10)8(12-6-13-9)11-4-2-3-5-14/h6,14H,2-5,10H2,1H3,(H,11,12,13). The maximum Gasteiger partial charge on any atom is 0.242 e. The van der Waals surface area contributed by atoms with E-state index in [0.29, 0.717) is 23.9 Å². The second kappa shape index (κ2) is 6.02. The number of nitrogen functional groups attached to an aromatic ring is 1. The highest BCUT2D eigenvalue weighted by Crippen LogP contribution is 2.23. The van der Waals surface area contributed by atoms with Crippen molar-refractivity contribution in [3.63, 3.8) is 0 Å². The minimum atomic E-state index is 0.199. The number of anilines is 2. The van der Waals surface area contributed by atoms with Gasteiger partial charge in [-0.2, -0.15) is 4.98 Å². The van der Waals surface area contributed by atoms with Crippen molar-refractivity contribution in [2.75, 3.05) is 31.3 Å². The summed E-state index contributed by atoms with van der Waals surface area (Å²) in [6.07, 6.45) is 3.01. The lowest BCUT2D eigenvalue weighted by Gasteiger charge is -2.09. The smallest absolute Gasteiger partial charge is 0.242 e. The summed E-state index contributed by atoms with van der Waals surface area (Å²) in [4.78, 5) is 7.86. The van der Waals surface area contributed by atoms with Crippen LogP contribution in [0.1, 0.15) is 12.8 Å². The van der Waals surface area contributed by atoms with Crippen LogP contribution in [0.4, 0.5) is 11.5 Å². The van der Waals surface area contributed by atoms with Crippen molar-refractivity contribution in [1.29, 1.82) is 0 Å². The lowest BCUT2D eigenvalue weighted by atomic mass is 10.3. The van der Waals surface area contributed by atoms with Gasteiger partial charge in [0.1, 0.15) is 12.0 Å². The quantitative estimate of drug-likeness (QED) is 0.585. The Bertz CT molecular complexity index is 306.